The number of carbonyl (C=O) groups excluding carboxylic acids is 1. The number of carbonyl (C=O) groups is 1. The smallest absolute Gasteiger partial charge is 0.231 e. The van der Waals surface area contributed by atoms with Gasteiger partial charge in [-0.1, -0.05) is 0 Å². The quantitative estimate of drug-likeness (QED) is 0.841. The van der Waals surface area contributed by atoms with Crippen molar-refractivity contribution in [3.8, 4) is 0 Å². The standard InChI is InChI=1S/C17H23N7O/c1-10-6-11(2)21-17(20-10)23-15-7-12(3)19-16(22-15)13-4-5-24(8-13)9-14(18)25/h6-7,13H,4-5,8-9H2,1-3H3,(H2,18,25)(H,19,20,21,22,23). The molecule has 1 atom stereocenters. The number of hydrogen-bond donors (Lipinski definition) is 2. The number of aryl methyl sites for hydroxylation is 3. The van der Waals surface area contributed by atoms with E-state index in [0.29, 0.717) is 11.8 Å². The number of nitrogens with one attached hydrogen (secondary N) is 1. The molecule has 25 heavy (non-hydrogen) atoms. The third-order valence-electron chi connectivity index (χ3n) is 4.11. The van der Waals surface area contributed by atoms with Crippen molar-refractivity contribution < 1.29 is 4.79 Å². The molecular formula is C17H23N7O. The van der Waals surface area contributed by atoms with E-state index in [1.165, 1.54) is 0 Å². The highest BCUT2D eigenvalue weighted by Crippen LogP contribution is 2.26. The van der Waals surface area contributed by atoms with Crippen molar-refractivity contribution >= 4 is 17.7 Å². The van der Waals surface area contributed by atoms with E-state index in [0.717, 1.165) is 42.4 Å². The lowest BCUT2D eigenvalue weighted by Crippen LogP contribution is -2.32. The Bertz CT molecular complexity index is 772. The summed E-state index contributed by atoms with van der Waals surface area (Å²) in [4.78, 5) is 31.1. The maximum Gasteiger partial charge on any atom is 0.231 e. The Hall–Kier alpha value is -2.61. The topological polar surface area (TPSA) is 110 Å². The fraction of sp³-hybridized carbons (Fsp3) is 0.471. The van der Waals surface area contributed by atoms with Crippen LogP contribution in [0.1, 0.15) is 35.2 Å². The summed E-state index contributed by atoms with van der Waals surface area (Å²) in [5.41, 5.74) is 7.96. The Kier molecular flexibility index (Phi) is 4.89. The van der Waals surface area contributed by atoms with Gasteiger partial charge in [-0.25, -0.2) is 19.9 Å². The van der Waals surface area contributed by atoms with E-state index in [-0.39, 0.29) is 18.4 Å². The van der Waals surface area contributed by atoms with Crippen molar-refractivity contribution in [2.45, 2.75) is 33.1 Å². The summed E-state index contributed by atoms with van der Waals surface area (Å²) in [6, 6.07) is 3.80. The molecule has 0 spiro atoms. The van der Waals surface area contributed by atoms with Crippen molar-refractivity contribution in [1.29, 1.82) is 0 Å². The zero-order valence-electron chi connectivity index (χ0n) is 14.8. The molecule has 2 aromatic rings. The van der Waals surface area contributed by atoms with Crippen LogP contribution in [0.5, 0.6) is 0 Å². The first-order valence-electron chi connectivity index (χ1n) is 8.34. The highest BCUT2D eigenvalue weighted by atomic mass is 16.1. The van der Waals surface area contributed by atoms with Crippen molar-refractivity contribution in [1.82, 2.24) is 24.8 Å². The molecule has 1 amide bonds. The number of rotatable bonds is 5. The summed E-state index contributed by atoms with van der Waals surface area (Å²) in [5.74, 6) is 1.88. The second-order valence-corrected chi connectivity index (χ2v) is 6.54. The van der Waals surface area contributed by atoms with Gasteiger partial charge in [0, 0.05) is 35.6 Å². The van der Waals surface area contributed by atoms with Crippen LogP contribution in [0.15, 0.2) is 12.1 Å². The van der Waals surface area contributed by atoms with E-state index >= 15 is 0 Å². The number of likely N-dealkylation sites (tertiary alicyclic amines) is 1. The molecule has 3 heterocycles. The monoisotopic (exact) mass is 341 g/mol. The zero-order chi connectivity index (χ0) is 18.0. The molecule has 0 saturated carbocycles. The Balaban J connectivity index is 1.78. The molecule has 1 unspecified atom stereocenters. The van der Waals surface area contributed by atoms with Gasteiger partial charge >= 0.3 is 0 Å². The van der Waals surface area contributed by atoms with E-state index in [4.69, 9.17) is 5.73 Å². The van der Waals surface area contributed by atoms with Gasteiger partial charge in [0.05, 0.1) is 6.54 Å². The van der Waals surface area contributed by atoms with Crippen LogP contribution >= 0.6 is 0 Å². The van der Waals surface area contributed by atoms with E-state index in [9.17, 15) is 4.79 Å². The van der Waals surface area contributed by atoms with E-state index in [1.807, 2.05) is 37.8 Å². The van der Waals surface area contributed by atoms with Crippen molar-refractivity contribution in [2.75, 3.05) is 25.0 Å². The average Bonchev–Trinajstić information content (AvgIpc) is 2.93. The van der Waals surface area contributed by atoms with Gasteiger partial charge in [0.25, 0.3) is 0 Å². The van der Waals surface area contributed by atoms with Crippen LogP contribution < -0.4 is 11.1 Å². The van der Waals surface area contributed by atoms with Crippen LogP contribution in [0.4, 0.5) is 11.8 Å². The molecule has 8 nitrogen and oxygen atoms in total. The number of amides is 1. The number of primary amides is 1. The molecule has 8 heteroatoms. The summed E-state index contributed by atoms with van der Waals surface area (Å²) < 4.78 is 0. The fourth-order valence-corrected chi connectivity index (χ4v) is 3.14. The minimum absolute atomic E-state index is 0.194. The van der Waals surface area contributed by atoms with Crippen LogP contribution in [0.3, 0.4) is 0 Å². The highest BCUT2D eigenvalue weighted by molar-refractivity contribution is 5.75. The minimum Gasteiger partial charge on any atom is -0.369 e. The predicted octanol–water partition coefficient (Wildman–Crippen LogP) is 1.21. The fourth-order valence-electron chi connectivity index (χ4n) is 3.14. The largest absolute Gasteiger partial charge is 0.369 e. The normalized spacial score (nSPS) is 17.6. The summed E-state index contributed by atoms with van der Waals surface area (Å²) in [7, 11) is 0. The Morgan fingerprint density at radius 2 is 1.84 bits per heavy atom. The summed E-state index contributed by atoms with van der Waals surface area (Å²) in [6.07, 6.45) is 0.913. The molecule has 2 aromatic heterocycles. The van der Waals surface area contributed by atoms with Gasteiger partial charge in [-0.05, 0) is 39.8 Å². The lowest BCUT2D eigenvalue weighted by Gasteiger charge is -2.14. The predicted molar refractivity (Wildman–Crippen MR) is 94.6 cm³/mol. The van der Waals surface area contributed by atoms with Crippen molar-refractivity contribution in [3.63, 3.8) is 0 Å². The van der Waals surface area contributed by atoms with E-state index < -0.39 is 0 Å². The van der Waals surface area contributed by atoms with Crippen LogP contribution in [0.2, 0.25) is 0 Å². The molecule has 0 radical (unpaired) electrons. The SMILES string of the molecule is Cc1cc(C)nc(Nc2cc(C)nc(C3CCN(CC(N)=O)C3)n2)n1. The van der Waals surface area contributed by atoms with E-state index in [1.54, 1.807) is 0 Å². The first-order valence-corrected chi connectivity index (χ1v) is 8.34. The van der Waals surface area contributed by atoms with Crippen LogP contribution in [0, 0.1) is 20.8 Å². The van der Waals surface area contributed by atoms with E-state index in [2.05, 4.69) is 25.3 Å². The lowest BCUT2D eigenvalue weighted by atomic mass is 10.1. The van der Waals surface area contributed by atoms with Crippen LogP contribution in [0.25, 0.3) is 0 Å². The molecule has 1 aliphatic heterocycles. The highest BCUT2D eigenvalue weighted by Gasteiger charge is 2.27. The third-order valence-corrected chi connectivity index (χ3v) is 4.11. The number of aromatic nitrogens is 4. The van der Waals surface area contributed by atoms with Gasteiger partial charge in [-0.3, -0.25) is 9.69 Å². The molecule has 1 fully saturated rings. The van der Waals surface area contributed by atoms with Gasteiger partial charge in [-0.15, -0.1) is 0 Å². The van der Waals surface area contributed by atoms with Gasteiger partial charge in [0.15, 0.2) is 0 Å². The molecule has 1 saturated heterocycles. The van der Waals surface area contributed by atoms with Gasteiger partial charge in [0.2, 0.25) is 11.9 Å². The van der Waals surface area contributed by atoms with Gasteiger partial charge in [-0.2, -0.15) is 0 Å². The number of hydrogen-bond acceptors (Lipinski definition) is 7. The number of nitrogens with two attached hydrogens (primary N) is 1. The second-order valence-electron chi connectivity index (χ2n) is 6.54. The lowest BCUT2D eigenvalue weighted by molar-refractivity contribution is -0.118. The molecule has 1 aliphatic rings. The van der Waals surface area contributed by atoms with Crippen molar-refractivity contribution in [2.24, 2.45) is 5.73 Å². The maximum atomic E-state index is 11.1. The van der Waals surface area contributed by atoms with Gasteiger partial charge in [0.1, 0.15) is 11.6 Å². The number of anilines is 2. The first kappa shape index (κ1) is 17.2. The molecular weight excluding hydrogens is 318 g/mol. The minimum atomic E-state index is -0.305. The van der Waals surface area contributed by atoms with Crippen molar-refractivity contribution in [3.05, 3.63) is 35.0 Å². The molecule has 132 valence electrons. The molecule has 3 rings (SSSR count). The molecule has 0 bridgehead atoms. The maximum absolute atomic E-state index is 11.1. The second kappa shape index (κ2) is 7.10. The summed E-state index contributed by atoms with van der Waals surface area (Å²) in [5, 5.41) is 3.17. The Morgan fingerprint density at radius 3 is 2.52 bits per heavy atom. The Labute approximate surface area is 146 Å². The number of nitrogens with zero attached hydrogens (tertiary/aromatic N) is 5. The molecule has 3 N–H and O–H groups in total. The third kappa shape index (κ3) is 4.48. The van der Waals surface area contributed by atoms with Crippen LogP contribution in [-0.2, 0) is 4.79 Å². The molecule has 0 aliphatic carbocycles. The Morgan fingerprint density at radius 1 is 1.16 bits per heavy atom. The summed E-state index contributed by atoms with van der Waals surface area (Å²) in [6.45, 7) is 7.66. The summed E-state index contributed by atoms with van der Waals surface area (Å²) >= 11 is 0. The van der Waals surface area contributed by atoms with Crippen LogP contribution in [-0.4, -0.2) is 50.4 Å². The zero-order valence-corrected chi connectivity index (χ0v) is 14.8. The molecule has 0 aromatic carbocycles. The average molecular weight is 341 g/mol. The van der Waals surface area contributed by atoms with Gasteiger partial charge < -0.3 is 11.1 Å². The first-order chi connectivity index (χ1) is 11.9.